The minimum atomic E-state index is -0.225. The molecule has 0 aliphatic carbocycles. The van der Waals surface area contributed by atoms with Crippen molar-refractivity contribution in [3.8, 4) is 5.88 Å². The summed E-state index contributed by atoms with van der Waals surface area (Å²) in [5, 5.41) is 2.77. The summed E-state index contributed by atoms with van der Waals surface area (Å²) < 4.78 is 5.05. The largest absolute Gasteiger partial charge is 0.480 e. The molecule has 1 unspecified atom stereocenters. The van der Waals surface area contributed by atoms with Gasteiger partial charge in [-0.15, -0.1) is 0 Å². The fourth-order valence-corrected chi connectivity index (χ4v) is 1.27. The predicted octanol–water partition coefficient (Wildman–Crippen LogP) is 2.45. The molecule has 1 heterocycles. The number of pyridine rings is 1. The van der Waals surface area contributed by atoms with Crippen molar-refractivity contribution >= 4 is 27.5 Å². The van der Waals surface area contributed by atoms with E-state index in [9.17, 15) is 4.79 Å². The van der Waals surface area contributed by atoms with E-state index in [2.05, 4.69) is 26.2 Å². The first-order chi connectivity index (χ1) is 7.56. The zero-order chi connectivity index (χ0) is 12.1. The average molecular weight is 287 g/mol. The Balaban J connectivity index is 2.76. The number of carbonyl (C=O) groups excluding carboxylic acids is 1. The number of ether oxygens (including phenoxy) is 1. The average Bonchev–Trinajstić information content (AvgIpc) is 2.28. The van der Waals surface area contributed by atoms with Crippen LogP contribution in [0.4, 0.5) is 5.69 Å². The van der Waals surface area contributed by atoms with Gasteiger partial charge in [-0.1, -0.05) is 29.8 Å². The van der Waals surface area contributed by atoms with Gasteiger partial charge in [0.25, 0.3) is 0 Å². The summed E-state index contributed by atoms with van der Waals surface area (Å²) in [7, 11) is 1.52. The molecule has 1 aromatic rings. The van der Waals surface area contributed by atoms with Crippen LogP contribution < -0.4 is 10.1 Å². The number of halogens is 1. The van der Waals surface area contributed by atoms with E-state index in [1.54, 1.807) is 18.3 Å². The van der Waals surface area contributed by atoms with E-state index < -0.39 is 0 Å². The van der Waals surface area contributed by atoms with Crippen molar-refractivity contribution in [2.24, 2.45) is 5.92 Å². The van der Waals surface area contributed by atoms with Crippen LogP contribution in [0, 0.1) is 5.92 Å². The van der Waals surface area contributed by atoms with Gasteiger partial charge in [-0.05, 0) is 18.1 Å². The summed E-state index contributed by atoms with van der Waals surface area (Å²) in [6, 6.07) is 3.50. The first-order valence-corrected chi connectivity index (χ1v) is 5.91. The molecule has 0 bridgehead atoms. The number of hydrogen-bond donors (Lipinski definition) is 1. The molecule has 16 heavy (non-hydrogen) atoms. The number of nitrogens with zero attached hydrogens (tertiary/aromatic N) is 1. The normalized spacial score (nSPS) is 12.3. The van der Waals surface area contributed by atoms with Crippen molar-refractivity contribution in [1.82, 2.24) is 4.98 Å². The van der Waals surface area contributed by atoms with E-state index in [1.807, 2.05) is 13.8 Å². The minimum Gasteiger partial charge on any atom is -0.480 e. The Kier molecular flexibility index (Phi) is 4.73. The van der Waals surface area contributed by atoms with Crippen LogP contribution in [0.3, 0.4) is 0 Å². The number of aromatic nitrogens is 1. The van der Waals surface area contributed by atoms with Gasteiger partial charge < -0.3 is 10.1 Å². The number of rotatable bonds is 4. The smallest absolute Gasteiger partial charge is 0.238 e. The molecule has 0 fully saturated rings. The SMILES string of the molecule is COc1ncccc1NC(=O)C(Br)C(C)C. The molecule has 0 saturated heterocycles. The standard InChI is InChI=1S/C11H15BrN2O2/c1-7(2)9(12)10(15)14-8-5-4-6-13-11(8)16-3/h4-7,9H,1-3H3,(H,14,15). The zero-order valence-corrected chi connectivity index (χ0v) is 11.1. The lowest BCUT2D eigenvalue weighted by molar-refractivity contribution is -0.116. The van der Waals surface area contributed by atoms with Crippen LogP contribution in [0.15, 0.2) is 18.3 Å². The van der Waals surface area contributed by atoms with Crippen molar-refractivity contribution in [2.75, 3.05) is 12.4 Å². The first kappa shape index (κ1) is 13.0. The van der Waals surface area contributed by atoms with Gasteiger partial charge >= 0.3 is 0 Å². The van der Waals surface area contributed by atoms with Gasteiger partial charge in [-0.2, -0.15) is 0 Å². The van der Waals surface area contributed by atoms with Gasteiger partial charge in [0.2, 0.25) is 11.8 Å². The number of anilines is 1. The lowest BCUT2D eigenvalue weighted by atomic mass is 10.1. The van der Waals surface area contributed by atoms with Crippen LogP contribution >= 0.6 is 15.9 Å². The molecular weight excluding hydrogens is 272 g/mol. The van der Waals surface area contributed by atoms with Crippen LogP contribution in [0.1, 0.15) is 13.8 Å². The molecule has 1 rings (SSSR count). The third kappa shape index (κ3) is 3.20. The van der Waals surface area contributed by atoms with Gasteiger partial charge in [-0.25, -0.2) is 4.98 Å². The monoisotopic (exact) mass is 286 g/mol. The van der Waals surface area contributed by atoms with E-state index in [1.165, 1.54) is 7.11 Å². The summed E-state index contributed by atoms with van der Waals surface area (Å²) >= 11 is 3.34. The fraction of sp³-hybridized carbons (Fsp3) is 0.455. The second-order valence-corrected chi connectivity index (χ2v) is 4.68. The van der Waals surface area contributed by atoms with Crippen LogP contribution in [-0.4, -0.2) is 22.8 Å². The summed E-state index contributed by atoms with van der Waals surface area (Å²) in [5.41, 5.74) is 0.583. The number of nitrogens with one attached hydrogen (secondary N) is 1. The van der Waals surface area contributed by atoms with E-state index in [-0.39, 0.29) is 16.7 Å². The first-order valence-electron chi connectivity index (χ1n) is 5.00. The summed E-state index contributed by atoms with van der Waals surface area (Å²) in [6.45, 7) is 3.94. The highest BCUT2D eigenvalue weighted by molar-refractivity contribution is 9.10. The summed E-state index contributed by atoms with van der Waals surface area (Å²) in [4.78, 5) is 15.6. The Bertz CT molecular complexity index is 369. The van der Waals surface area contributed by atoms with E-state index in [0.717, 1.165) is 0 Å². The quantitative estimate of drug-likeness (QED) is 0.865. The summed E-state index contributed by atoms with van der Waals surface area (Å²) in [6.07, 6.45) is 1.61. The third-order valence-corrected chi connectivity index (χ3v) is 3.53. The molecule has 1 N–H and O–H groups in total. The molecule has 0 radical (unpaired) electrons. The topological polar surface area (TPSA) is 51.2 Å². The van der Waals surface area contributed by atoms with Crippen LogP contribution in [-0.2, 0) is 4.79 Å². The molecule has 0 saturated carbocycles. The van der Waals surface area contributed by atoms with E-state index >= 15 is 0 Å². The minimum absolute atomic E-state index is 0.0960. The van der Waals surface area contributed by atoms with E-state index in [0.29, 0.717) is 11.6 Å². The number of methoxy groups -OCH3 is 1. The van der Waals surface area contributed by atoms with Crippen molar-refractivity contribution in [1.29, 1.82) is 0 Å². The Morgan fingerprint density at radius 2 is 2.25 bits per heavy atom. The highest BCUT2D eigenvalue weighted by Crippen LogP contribution is 2.22. The molecule has 0 aromatic carbocycles. The van der Waals surface area contributed by atoms with Crippen LogP contribution in [0.25, 0.3) is 0 Å². The molecular formula is C11H15BrN2O2. The number of carbonyl (C=O) groups is 1. The van der Waals surface area contributed by atoms with Crippen LogP contribution in [0.5, 0.6) is 5.88 Å². The van der Waals surface area contributed by atoms with Gasteiger partial charge in [0.15, 0.2) is 0 Å². The van der Waals surface area contributed by atoms with Gasteiger partial charge in [0.05, 0.1) is 11.9 Å². The van der Waals surface area contributed by atoms with Crippen molar-refractivity contribution in [3.63, 3.8) is 0 Å². The Morgan fingerprint density at radius 1 is 1.56 bits per heavy atom. The molecule has 0 aliphatic heterocycles. The Morgan fingerprint density at radius 3 is 2.81 bits per heavy atom. The lowest BCUT2D eigenvalue weighted by Crippen LogP contribution is -2.27. The lowest BCUT2D eigenvalue weighted by Gasteiger charge is -2.14. The second kappa shape index (κ2) is 5.84. The molecule has 4 nitrogen and oxygen atoms in total. The molecule has 0 spiro atoms. The molecule has 5 heteroatoms. The molecule has 1 atom stereocenters. The zero-order valence-electron chi connectivity index (χ0n) is 9.53. The van der Waals surface area contributed by atoms with Crippen molar-refractivity contribution < 1.29 is 9.53 Å². The highest BCUT2D eigenvalue weighted by Gasteiger charge is 2.19. The van der Waals surface area contributed by atoms with Crippen molar-refractivity contribution in [3.05, 3.63) is 18.3 Å². The molecule has 1 aromatic heterocycles. The number of alkyl halides is 1. The van der Waals surface area contributed by atoms with E-state index in [4.69, 9.17) is 4.74 Å². The number of amides is 1. The maximum atomic E-state index is 11.8. The van der Waals surface area contributed by atoms with Crippen LogP contribution in [0.2, 0.25) is 0 Å². The molecule has 0 aliphatic rings. The second-order valence-electron chi connectivity index (χ2n) is 3.70. The van der Waals surface area contributed by atoms with Gasteiger partial charge in [-0.3, -0.25) is 4.79 Å². The van der Waals surface area contributed by atoms with Gasteiger partial charge in [0, 0.05) is 6.20 Å². The highest BCUT2D eigenvalue weighted by atomic mass is 79.9. The van der Waals surface area contributed by atoms with Gasteiger partial charge in [0.1, 0.15) is 5.69 Å². The Labute approximate surface area is 104 Å². The van der Waals surface area contributed by atoms with Crippen molar-refractivity contribution in [2.45, 2.75) is 18.7 Å². The number of hydrogen-bond acceptors (Lipinski definition) is 3. The maximum Gasteiger partial charge on any atom is 0.238 e. The maximum absolute atomic E-state index is 11.8. The predicted molar refractivity (Wildman–Crippen MR) is 67.0 cm³/mol. The third-order valence-electron chi connectivity index (χ3n) is 2.06. The fourth-order valence-electron chi connectivity index (χ4n) is 1.15. The molecule has 88 valence electrons. The summed E-state index contributed by atoms with van der Waals surface area (Å²) in [5.74, 6) is 0.545. The Hall–Kier alpha value is -1.10. The molecule has 1 amide bonds.